The first kappa shape index (κ1) is 26.2. The number of nitrogens with zero attached hydrogens (tertiary/aromatic N) is 1. The van der Waals surface area contributed by atoms with Gasteiger partial charge < -0.3 is 29.9 Å². The lowest BCUT2D eigenvalue weighted by atomic mass is 9.76. The summed E-state index contributed by atoms with van der Waals surface area (Å²) >= 11 is 0. The Kier molecular flexibility index (Phi) is 8.00. The quantitative estimate of drug-likeness (QED) is 0.419. The van der Waals surface area contributed by atoms with Crippen LogP contribution in [0.1, 0.15) is 61.4 Å². The van der Waals surface area contributed by atoms with Crippen LogP contribution in [-0.2, 0) is 9.59 Å². The largest absolute Gasteiger partial charge is 0.493 e. The Balaban J connectivity index is 1.78. The summed E-state index contributed by atoms with van der Waals surface area (Å²) in [5.74, 6) is -0.0919. The molecule has 3 N–H and O–H groups in total. The topological polar surface area (TPSA) is 125 Å². The summed E-state index contributed by atoms with van der Waals surface area (Å²) in [5.41, 5.74) is 1.27. The lowest BCUT2D eigenvalue weighted by Gasteiger charge is -2.43. The second-order valence-corrected chi connectivity index (χ2v) is 10.2. The van der Waals surface area contributed by atoms with Crippen LogP contribution in [0.2, 0.25) is 0 Å². The first-order chi connectivity index (χ1) is 17.3. The molecule has 0 unspecified atom stereocenters. The van der Waals surface area contributed by atoms with Crippen molar-refractivity contribution in [1.82, 2.24) is 10.2 Å². The number of carbonyl (C=O) groups is 3. The number of rotatable bonds is 10. The van der Waals surface area contributed by atoms with Crippen LogP contribution in [0.15, 0.2) is 23.8 Å². The number of nitrogens with one attached hydrogen (secondary N) is 1. The zero-order chi connectivity index (χ0) is 26.0. The van der Waals surface area contributed by atoms with Gasteiger partial charge in [0.1, 0.15) is 18.5 Å². The third-order valence-corrected chi connectivity index (χ3v) is 7.46. The van der Waals surface area contributed by atoms with Crippen molar-refractivity contribution < 1.29 is 34.1 Å². The number of hydrogen-bond donors (Lipinski definition) is 3. The van der Waals surface area contributed by atoms with Gasteiger partial charge >= 0.3 is 0 Å². The van der Waals surface area contributed by atoms with Gasteiger partial charge in [0.25, 0.3) is 0 Å². The summed E-state index contributed by atoms with van der Waals surface area (Å²) in [5, 5.41) is 23.6. The van der Waals surface area contributed by atoms with E-state index in [2.05, 4.69) is 19.2 Å². The molecule has 1 saturated carbocycles. The van der Waals surface area contributed by atoms with E-state index in [1.807, 2.05) is 0 Å². The summed E-state index contributed by atoms with van der Waals surface area (Å²) < 4.78 is 11.7. The minimum atomic E-state index is -1.10. The van der Waals surface area contributed by atoms with Gasteiger partial charge in [-0.05, 0) is 43.4 Å². The molecule has 1 aromatic carbocycles. The summed E-state index contributed by atoms with van der Waals surface area (Å²) in [6.45, 7) is 4.45. The number of methoxy groups -OCH3 is 1. The Morgan fingerprint density at radius 1 is 1.31 bits per heavy atom. The Bertz CT molecular complexity index is 1030. The molecule has 0 saturated heterocycles. The Labute approximate surface area is 211 Å². The van der Waals surface area contributed by atoms with Crippen molar-refractivity contribution in [2.75, 3.05) is 26.8 Å². The maximum absolute atomic E-state index is 13.5. The highest BCUT2D eigenvalue weighted by Gasteiger charge is 2.52. The Morgan fingerprint density at radius 2 is 2.06 bits per heavy atom. The number of benzene rings is 1. The molecule has 36 heavy (non-hydrogen) atoms. The summed E-state index contributed by atoms with van der Waals surface area (Å²) in [4.78, 5) is 40.1. The van der Waals surface area contributed by atoms with E-state index in [9.17, 15) is 24.6 Å². The van der Waals surface area contributed by atoms with Crippen LogP contribution in [0.4, 0.5) is 0 Å². The summed E-state index contributed by atoms with van der Waals surface area (Å²) in [6, 6.07) is 2.45. The van der Waals surface area contributed by atoms with Gasteiger partial charge in [-0.2, -0.15) is 0 Å². The molecular weight excluding hydrogens is 464 g/mol. The Morgan fingerprint density at radius 3 is 2.64 bits per heavy atom. The number of fused-ring (bicyclic) bond motifs is 3. The predicted molar refractivity (Wildman–Crippen MR) is 132 cm³/mol. The molecular formula is C27H36N2O7. The maximum Gasteiger partial charge on any atom is 0.247 e. The van der Waals surface area contributed by atoms with Crippen molar-refractivity contribution in [2.24, 2.45) is 11.8 Å². The lowest BCUT2D eigenvalue weighted by Crippen LogP contribution is -2.57. The van der Waals surface area contributed by atoms with Crippen molar-refractivity contribution in [3.8, 4) is 11.5 Å². The van der Waals surface area contributed by atoms with E-state index in [0.29, 0.717) is 46.9 Å². The number of ether oxygens (including phenoxy) is 2. The third kappa shape index (κ3) is 4.86. The van der Waals surface area contributed by atoms with Crippen LogP contribution in [0, 0.1) is 11.8 Å². The maximum atomic E-state index is 13.5. The predicted octanol–water partition coefficient (Wildman–Crippen LogP) is 1.81. The van der Waals surface area contributed by atoms with Crippen molar-refractivity contribution in [3.63, 3.8) is 0 Å². The average molecular weight is 501 g/mol. The van der Waals surface area contributed by atoms with Gasteiger partial charge in [-0.15, -0.1) is 0 Å². The average Bonchev–Trinajstić information content (AvgIpc) is 3.22. The summed E-state index contributed by atoms with van der Waals surface area (Å²) in [7, 11) is 1.46. The monoisotopic (exact) mass is 500 g/mol. The van der Waals surface area contributed by atoms with E-state index in [-0.39, 0.29) is 25.0 Å². The standard InChI is InChI=1S/C27H36N2O7/c1-15(2)7-9-29(27(34)17-5-4-6-17)20-13-19(26(33)28-8-10-30)22-18-11-16(14-31)12-21(35-3)24(18)36-25(22)23(20)32/h11-15,17,20,22-23,25,30,32H,4-10H2,1-3H3,(H,28,33)/t20-,22+,23+,25+/m1/s1. The smallest absolute Gasteiger partial charge is 0.247 e. The number of carbonyl (C=O) groups excluding carboxylic acids is 3. The molecule has 9 heteroatoms. The van der Waals surface area contributed by atoms with Crippen LogP contribution in [-0.4, -0.2) is 78.3 Å². The fourth-order valence-electron chi connectivity index (χ4n) is 5.25. The van der Waals surface area contributed by atoms with Crippen molar-refractivity contribution in [2.45, 2.75) is 63.7 Å². The highest BCUT2D eigenvalue weighted by atomic mass is 16.5. The SMILES string of the molecule is COc1cc(C=O)cc2c1O[C@@H]1[C@@H](O)[C@H](N(CCC(C)C)C(=O)C3CCC3)C=C(C(=O)NCCO)[C@H]21. The molecule has 1 fully saturated rings. The normalized spacial score (nSPS) is 24.7. The van der Waals surface area contributed by atoms with E-state index in [1.54, 1.807) is 23.1 Å². The molecule has 0 spiro atoms. The fraction of sp³-hybridized carbons (Fsp3) is 0.593. The number of aliphatic hydroxyl groups is 2. The minimum absolute atomic E-state index is 0.00732. The zero-order valence-corrected chi connectivity index (χ0v) is 21.1. The van der Waals surface area contributed by atoms with E-state index in [4.69, 9.17) is 9.47 Å². The number of aliphatic hydroxyl groups excluding tert-OH is 2. The van der Waals surface area contributed by atoms with Crippen LogP contribution >= 0.6 is 0 Å². The van der Waals surface area contributed by atoms with E-state index in [1.165, 1.54) is 7.11 Å². The Hall–Kier alpha value is -2.91. The van der Waals surface area contributed by atoms with Gasteiger partial charge in [-0.1, -0.05) is 20.3 Å². The molecule has 4 atom stereocenters. The second kappa shape index (κ2) is 11.0. The van der Waals surface area contributed by atoms with Gasteiger partial charge in [-0.3, -0.25) is 14.4 Å². The number of amides is 2. The summed E-state index contributed by atoms with van der Waals surface area (Å²) in [6.07, 6.45) is 3.84. The van der Waals surface area contributed by atoms with E-state index in [0.717, 1.165) is 25.7 Å². The number of aldehydes is 1. The molecule has 196 valence electrons. The molecule has 3 aliphatic rings. The first-order valence-corrected chi connectivity index (χ1v) is 12.7. The molecule has 2 aliphatic carbocycles. The third-order valence-electron chi connectivity index (χ3n) is 7.46. The van der Waals surface area contributed by atoms with Crippen LogP contribution in [0.3, 0.4) is 0 Å². The second-order valence-electron chi connectivity index (χ2n) is 10.2. The van der Waals surface area contributed by atoms with Crippen LogP contribution < -0.4 is 14.8 Å². The molecule has 4 rings (SSSR count). The van der Waals surface area contributed by atoms with Gasteiger partial charge in [0.05, 0.1) is 25.7 Å². The van der Waals surface area contributed by atoms with Gasteiger partial charge in [-0.25, -0.2) is 0 Å². The molecule has 2 amide bonds. The molecule has 1 aliphatic heterocycles. The number of hydrogen-bond acceptors (Lipinski definition) is 7. The molecule has 0 radical (unpaired) electrons. The van der Waals surface area contributed by atoms with E-state index < -0.39 is 30.1 Å². The molecule has 1 aromatic rings. The zero-order valence-electron chi connectivity index (χ0n) is 21.1. The van der Waals surface area contributed by atoms with Gasteiger partial charge in [0, 0.05) is 35.7 Å². The van der Waals surface area contributed by atoms with Crippen molar-refractivity contribution in [1.29, 1.82) is 0 Å². The van der Waals surface area contributed by atoms with Crippen LogP contribution in [0.5, 0.6) is 11.5 Å². The molecule has 0 aromatic heterocycles. The van der Waals surface area contributed by atoms with Crippen LogP contribution in [0.25, 0.3) is 0 Å². The van der Waals surface area contributed by atoms with E-state index >= 15 is 0 Å². The molecule has 1 heterocycles. The fourth-order valence-corrected chi connectivity index (χ4v) is 5.25. The van der Waals surface area contributed by atoms with Gasteiger partial charge in [0.2, 0.25) is 11.8 Å². The van der Waals surface area contributed by atoms with Crippen molar-refractivity contribution >= 4 is 18.1 Å². The molecule has 9 nitrogen and oxygen atoms in total. The molecule has 0 bridgehead atoms. The minimum Gasteiger partial charge on any atom is -0.493 e. The van der Waals surface area contributed by atoms with Crippen molar-refractivity contribution in [3.05, 3.63) is 34.9 Å². The first-order valence-electron chi connectivity index (χ1n) is 12.7. The highest BCUT2D eigenvalue weighted by Crippen LogP contribution is 2.51. The highest BCUT2D eigenvalue weighted by molar-refractivity contribution is 5.96. The lowest BCUT2D eigenvalue weighted by molar-refractivity contribution is -0.144. The van der Waals surface area contributed by atoms with Gasteiger partial charge in [0.15, 0.2) is 11.5 Å².